The van der Waals surface area contributed by atoms with Crippen LogP contribution in [0.1, 0.15) is 13.8 Å². The van der Waals surface area contributed by atoms with Gasteiger partial charge in [-0.3, -0.25) is 4.90 Å². The maximum Gasteiger partial charge on any atom is 0.170 e. The van der Waals surface area contributed by atoms with Gasteiger partial charge in [0.2, 0.25) is 0 Å². The van der Waals surface area contributed by atoms with Crippen molar-refractivity contribution in [3.8, 4) is 5.75 Å². The minimum atomic E-state index is 0.179. The van der Waals surface area contributed by atoms with Gasteiger partial charge in [-0.15, -0.1) is 0 Å². The maximum atomic E-state index is 5.81. The molecule has 0 saturated carbocycles. The van der Waals surface area contributed by atoms with Crippen molar-refractivity contribution in [2.45, 2.75) is 20.0 Å². The molecule has 1 aromatic rings. The molecule has 0 aromatic heterocycles. The summed E-state index contributed by atoms with van der Waals surface area (Å²) >= 11 is 5.34. The van der Waals surface area contributed by atoms with E-state index in [-0.39, 0.29) is 6.10 Å². The second-order valence-corrected chi connectivity index (χ2v) is 6.62. The standard InChI is InChI=1S/C17H27N3O2S/c1-13(2)11-20-8-9-22-16(12-20)10-18-17(23)19-14-4-6-15(21-3)7-5-14/h4-7,13,16H,8-12H2,1-3H3,(H2,18,19,23)/t16-/m1/s1. The number of methoxy groups -OCH3 is 1. The fraction of sp³-hybridized carbons (Fsp3) is 0.588. The summed E-state index contributed by atoms with van der Waals surface area (Å²) in [6.45, 7) is 9.09. The topological polar surface area (TPSA) is 45.8 Å². The lowest BCUT2D eigenvalue weighted by Crippen LogP contribution is -2.48. The third-order valence-electron chi connectivity index (χ3n) is 3.68. The van der Waals surface area contributed by atoms with Crippen LogP contribution in [-0.2, 0) is 4.74 Å². The van der Waals surface area contributed by atoms with Crippen LogP contribution >= 0.6 is 12.2 Å². The average Bonchev–Trinajstić information content (AvgIpc) is 2.53. The van der Waals surface area contributed by atoms with E-state index in [4.69, 9.17) is 21.7 Å². The highest BCUT2D eigenvalue weighted by molar-refractivity contribution is 7.80. The van der Waals surface area contributed by atoms with Crippen molar-refractivity contribution in [3.63, 3.8) is 0 Å². The van der Waals surface area contributed by atoms with E-state index in [1.165, 1.54) is 0 Å². The number of hydrogen-bond acceptors (Lipinski definition) is 4. The Morgan fingerprint density at radius 3 is 2.78 bits per heavy atom. The molecule has 0 radical (unpaired) electrons. The SMILES string of the molecule is COc1ccc(NC(=S)NC[C@@H]2CN(CC(C)C)CCO2)cc1. The van der Waals surface area contributed by atoms with E-state index in [0.717, 1.165) is 44.2 Å². The zero-order valence-corrected chi connectivity index (χ0v) is 15.0. The first-order chi connectivity index (χ1) is 11.1. The Hall–Kier alpha value is -1.37. The van der Waals surface area contributed by atoms with E-state index in [1.54, 1.807) is 7.11 Å². The minimum Gasteiger partial charge on any atom is -0.497 e. The number of benzene rings is 1. The zero-order chi connectivity index (χ0) is 16.7. The van der Waals surface area contributed by atoms with Crippen molar-refractivity contribution in [2.24, 2.45) is 5.92 Å². The van der Waals surface area contributed by atoms with Crippen LogP contribution < -0.4 is 15.4 Å². The van der Waals surface area contributed by atoms with Crippen LogP contribution in [0.5, 0.6) is 5.75 Å². The van der Waals surface area contributed by atoms with Crippen LogP contribution in [0, 0.1) is 5.92 Å². The van der Waals surface area contributed by atoms with Gasteiger partial charge in [0.15, 0.2) is 5.11 Å². The molecule has 1 aromatic carbocycles. The van der Waals surface area contributed by atoms with Crippen molar-refractivity contribution in [1.82, 2.24) is 10.2 Å². The van der Waals surface area contributed by atoms with E-state index >= 15 is 0 Å². The lowest BCUT2D eigenvalue weighted by Gasteiger charge is -2.34. The number of nitrogens with zero attached hydrogens (tertiary/aromatic N) is 1. The lowest BCUT2D eigenvalue weighted by molar-refractivity contribution is -0.0283. The Bertz CT molecular complexity index is 493. The van der Waals surface area contributed by atoms with Gasteiger partial charge in [-0.25, -0.2) is 0 Å². The monoisotopic (exact) mass is 337 g/mol. The fourth-order valence-corrected chi connectivity index (χ4v) is 2.84. The van der Waals surface area contributed by atoms with E-state index in [1.807, 2.05) is 24.3 Å². The number of anilines is 1. The summed E-state index contributed by atoms with van der Waals surface area (Å²) in [5.74, 6) is 1.51. The highest BCUT2D eigenvalue weighted by Crippen LogP contribution is 2.14. The number of morpholine rings is 1. The summed E-state index contributed by atoms with van der Waals surface area (Å²) in [4.78, 5) is 2.46. The van der Waals surface area contributed by atoms with Crippen LogP contribution in [-0.4, -0.2) is 56.0 Å². The van der Waals surface area contributed by atoms with Crippen LogP contribution in [0.25, 0.3) is 0 Å². The molecule has 1 aliphatic rings. The van der Waals surface area contributed by atoms with Crippen LogP contribution in [0.3, 0.4) is 0 Å². The third kappa shape index (κ3) is 6.33. The summed E-state index contributed by atoms with van der Waals surface area (Å²) in [6, 6.07) is 7.68. The second-order valence-electron chi connectivity index (χ2n) is 6.21. The molecule has 2 rings (SSSR count). The number of ether oxygens (including phenoxy) is 2. The predicted molar refractivity (Wildman–Crippen MR) is 98.2 cm³/mol. The summed E-state index contributed by atoms with van der Waals surface area (Å²) in [5, 5.41) is 7.02. The van der Waals surface area contributed by atoms with Crippen molar-refractivity contribution in [3.05, 3.63) is 24.3 Å². The Labute approximate surface area is 144 Å². The van der Waals surface area contributed by atoms with Gasteiger partial charge in [0.1, 0.15) is 5.75 Å². The van der Waals surface area contributed by atoms with Crippen LogP contribution in [0.4, 0.5) is 5.69 Å². The molecular formula is C17H27N3O2S. The highest BCUT2D eigenvalue weighted by atomic mass is 32.1. The lowest BCUT2D eigenvalue weighted by atomic mass is 10.2. The summed E-state index contributed by atoms with van der Waals surface area (Å²) in [5.41, 5.74) is 0.939. The molecule has 6 heteroatoms. The summed E-state index contributed by atoms with van der Waals surface area (Å²) < 4.78 is 11.0. The smallest absolute Gasteiger partial charge is 0.170 e. The van der Waals surface area contributed by atoms with Gasteiger partial charge in [-0.2, -0.15) is 0 Å². The quantitative estimate of drug-likeness (QED) is 0.777. The Morgan fingerprint density at radius 2 is 2.13 bits per heavy atom. The minimum absolute atomic E-state index is 0.179. The van der Waals surface area contributed by atoms with Crippen molar-refractivity contribution in [2.75, 3.05) is 45.2 Å². The molecule has 0 spiro atoms. The molecule has 1 atom stereocenters. The van der Waals surface area contributed by atoms with Gasteiger partial charge < -0.3 is 20.1 Å². The molecule has 1 aliphatic heterocycles. The number of rotatable bonds is 6. The molecule has 5 nitrogen and oxygen atoms in total. The first kappa shape index (κ1) is 18.0. The van der Waals surface area contributed by atoms with E-state index in [0.29, 0.717) is 11.0 Å². The van der Waals surface area contributed by atoms with E-state index in [9.17, 15) is 0 Å². The Morgan fingerprint density at radius 1 is 1.39 bits per heavy atom. The Balaban J connectivity index is 1.72. The molecule has 1 heterocycles. The van der Waals surface area contributed by atoms with Gasteiger partial charge in [0.05, 0.1) is 19.8 Å². The predicted octanol–water partition coefficient (Wildman–Crippen LogP) is 2.34. The molecule has 0 amide bonds. The molecular weight excluding hydrogens is 310 g/mol. The van der Waals surface area contributed by atoms with Gasteiger partial charge in [0.25, 0.3) is 0 Å². The van der Waals surface area contributed by atoms with Gasteiger partial charge in [-0.05, 0) is 42.4 Å². The number of hydrogen-bond donors (Lipinski definition) is 2. The molecule has 0 unspecified atom stereocenters. The molecule has 1 fully saturated rings. The molecule has 0 aliphatic carbocycles. The van der Waals surface area contributed by atoms with Crippen molar-refractivity contribution in [1.29, 1.82) is 0 Å². The van der Waals surface area contributed by atoms with E-state index in [2.05, 4.69) is 29.4 Å². The number of thiocarbonyl (C=S) groups is 1. The van der Waals surface area contributed by atoms with Crippen LogP contribution in [0.15, 0.2) is 24.3 Å². The molecule has 23 heavy (non-hydrogen) atoms. The molecule has 0 bridgehead atoms. The van der Waals surface area contributed by atoms with Crippen molar-refractivity contribution < 1.29 is 9.47 Å². The maximum absolute atomic E-state index is 5.81. The molecule has 128 valence electrons. The van der Waals surface area contributed by atoms with Crippen molar-refractivity contribution >= 4 is 23.0 Å². The van der Waals surface area contributed by atoms with Gasteiger partial charge in [-0.1, -0.05) is 13.8 Å². The van der Waals surface area contributed by atoms with Gasteiger partial charge in [0, 0.05) is 31.9 Å². The summed E-state index contributed by atoms with van der Waals surface area (Å²) in [6.07, 6.45) is 0.179. The Kier molecular flexibility index (Phi) is 7.08. The fourth-order valence-electron chi connectivity index (χ4n) is 2.64. The average molecular weight is 337 g/mol. The van der Waals surface area contributed by atoms with E-state index < -0.39 is 0 Å². The first-order valence-corrected chi connectivity index (χ1v) is 8.50. The number of nitrogens with one attached hydrogen (secondary N) is 2. The second kappa shape index (κ2) is 9.05. The first-order valence-electron chi connectivity index (χ1n) is 8.09. The largest absolute Gasteiger partial charge is 0.497 e. The molecule has 1 saturated heterocycles. The van der Waals surface area contributed by atoms with Gasteiger partial charge >= 0.3 is 0 Å². The third-order valence-corrected chi connectivity index (χ3v) is 3.93. The summed E-state index contributed by atoms with van der Waals surface area (Å²) in [7, 11) is 1.65. The highest BCUT2D eigenvalue weighted by Gasteiger charge is 2.20. The normalized spacial score (nSPS) is 18.7. The molecule has 2 N–H and O–H groups in total. The van der Waals surface area contributed by atoms with Crippen LogP contribution in [0.2, 0.25) is 0 Å². The zero-order valence-electron chi connectivity index (χ0n) is 14.2.